The van der Waals surface area contributed by atoms with Gasteiger partial charge in [-0.05, 0) is 31.2 Å². The lowest BCUT2D eigenvalue weighted by Gasteiger charge is -1.96. The minimum absolute atomic E-state index is 0.304. The molecule has 0 radical (unpaired) electrons. The molecule has 2 rings (SSSR count). The van der Waals surface area contributed by atoms with E-state index in [-0.39, 0.29) is 0 Å². The Labute approximate surface area is 151 Å². The molecule has 0 aliphatic carbocycles. The predicted molar refractivity (Wildman–Crippen MR) is 99.8 cm³/mol. The first-order chi connectivity index (χ1) is 10.0. The van der Waals surface area contributed by atoms with Crippen LogP contribution in [-0.2, 0) is 0 Å². The summed E-state index contributed by atoms with van der Waals surface area (Å²) >= 11 is 17.7. The van der Waals surface area contributed by atoms with Gasteiger partial charge in [-0.1, -0.05) is 84.9 Å². The Balaban J connectivity index is 0.000000235. The smallest absolute Gasteiger partial charge is 0.145 e. The fourth-order valence-electron chi connectivity index (χ4n) is 1.35. The second-order valence-electron chi connectivity index (χ2n) is 3.91. The molecule has 110 valence electrons. The standard InChI is InChI=1S/C8H5BrCl2N2.C7H7Br/c9-7-3-1-2-6(4-7)8(11)13-12-5-10;1-6-3-2-4-7(8)5-6/h1-5H;2-5H,1H3/b12-5-,13-8?;. The average Bonchev–Trinajstić information content (AvgIpc) is 2.45. The second kappa shape index (κ2) is 10.1. The summed E-state index contributed by atoms with van der Waals surface area (Å²) in [4.78, 5) is 0. The molecule has 0 saturated heterocycles. The van der Waals surface area contributed by atoms with Crippen molar-refractivity contribution in [1.29, 1.82) is 0 Å². The van der Waals surface area contributed by atoms with Crippen molar-refractivity contribution < 1.29 is 0 Å². The molecule has 0 bridgehead atoms. The minimum Gasteiger partial charge on any atom is -0.145 e. The maximum atomic E-state index is 5.81. The van der Waals surface area contributed by atoms with Crippen LogP contribution in [0, 0.1) is 6.92 Å². The van der Waals surface area contributed by atoms with Gasteiger partial charge in [-0.15, -0.1) is 10.2 Å². The summed E-state index contributed by atoms with van der Waals surface area (Å²) in [5.74, 6) is 0. The van der Waals surface area contributed by atoms with Crippen LogP contribution >= 0.6 is 55.1 Å². The van der Waals surface area contributed by atoms with Crippen LogP contribution in [-0.4, -0.2) is 10.8 Å². The fraction of sp³-hybridized carbons (Fsp3) is 0.0667. The van der Waals surface area contributed by atoms with Crippen molar-refractivity contribution in [2.45, 2.75) is 6.92 Å². The summed E-state index contributed by atoms with van der Waals surface area (Å²) in [5.41, 5.74) is 3.14. The number of halogens is 4. The molecule has 0 atom stereocenters. The van der Waals surface area contributed by atoms with Crippen LogP contribution in [0.2, 0.25) is 0 Å². The van der Waals surface area contributed by atoms with Gasteiger partial charge >= 0.3 is 0 Å². The van der Waals surface area contributed by atoms with Crippen molar-refractivity contribution in [3.63, 3.8) is 0 Å². The Morgan fingerprint density at radius 1 is 1.05 bits per heavy atom. The van der Waals surface area contributed by atoms with Gasteiger partial charge in [-0.3, -0.25) is 0 Å². The fourth-order valence-corrected chi connectivity index (χ4v) is 2.47. The first-order valence-electron chi connectivity index (χ1n) is 5.86. The highest BCUT2D eigenvalue weighted by Crippen LogP contribution is 2.14. The van der Waals surface area contributed by atoms with E-state index in [9.17, 15) is 0 Å². The van der Waals surface area contributed by atoms with E-state index < -0.39 is 0 Å². The van der Waals surface area contributed by atoms with Gasteiger partial charge in [0.15, 0.2) is 5.17 Å². The highest BCUT2D eigenvalue weighted by molar-refractivity contribution is 9.10. The van der Waals surface area contributed by atoms with Crippen LogP contribution in [0.1, 0.15) is 11.1 Å². The lowest BCUT2D eigenvalue weighted by molar-refractivity contribution is 1.27. The molecule has 21 heavy (non-hydrogen) atoms. The van der Waals surface area contributed by atoms with Crippen molar-refractivity contribution in [3.05, 3.63) is 68.6 Å². The molecule has 0 unspecified atom stereocenters. The van der Waals surface area contributed by atoms with Crippen molar-refractivity contribution in [2.24, 2.45) is 10.2 Å². The van der Waals surface area contributed by atoms with Gasteiger partial charge in [0.1, 0.15) is 5.67 Å². The van der Waals surface area contributed by atoms with Gasteiger partial charge in [-0.2, -0.15) is 0 Å². The summed E-state index contributed by atoms with van der Waals surface area (Å²) in [6.45, 7) is 2.07. The van der Waals surface area contributed by atoms with Crippen LogP contribution in [0.4, 0.5) is 0 Å². The molecule has 0 aliphatic rings. The molecule has 0 heterocycles. The zero-order chi connectivity index (χ0) is 15.7. The van der Waals surface area contributed by atoms with E-state index in [0.29, 0.717) is 5.17 Å². The maximum absolute atomic E-state index is 5.81. The summed E-state index contributed by atoms with van der Waals surface area (Å²) in [6.07, 6.45) is 0. The van der Waals surface area contributed by atoms with E-state index in [1.165, 1.54) is 5.56 Å². The summed E-state index contributed by atoms with van der Waals surface area (Å²) < 4.78 is 2.09. The first-order valence-corrected chi connectivity index (χ1v) is 8.26. The highest BCUT2D eigenvalue weighted by atomic mass is 79.9. The summed E-state index contributed by atoms with van der Waals surface area (Å²) in [6, 6.07) is 15.6. The number of benzene rings is 2. The second-order valence-corrected chi connectivity index (χ2v) is 6.30. The molecule has 2 aromatic carbocycles. The van der Waals surface area contributed by atoms with Crippen LogP contribution in [0.25, 0.3) is 0 Å². The normalized spacial score (nSPS) is 11.2. The minimum atomic E-state index is 0.304. The molecule has 0 fully saturated rings. The lowest BCUT2D eigenvalue weighted by atomic mass is 10.2. The van der Waals surface area contributed by atoms with Crippen molar-refractivity contribution in [3.8, 4) is 0 Å². The molecule has 0 spiro atoms. The number of rotatable bonds is 2. The monoisotopic (exact) mass is 448 g/mol. The molecule has 2 aromatic rings. The molecular formula is C15H12Br2Cl2N2. The van der Waals surface area contributed by atoms with Gasteiger partial charge in [0.05, 0.1) is 0 Å². The van der Waals surface area contributed by atoms with Crippen LogP contribution in [0.3, 0.4) is 0 Å². The zero-order valence-electron chi connectivity index (χ0n) is 11.1. The molecule has 0 aromatic heterocycles. The molecular weight excluding hydrogens is 439 g/mol. The molecule has 0 N–H and O–H groups in total. The third-order valence-corrected chi connectivity index (χ3v) is 3.60. The van der Waals surface area contributed by atoms with Gasteiger partial charge in [-0.25, -0.2) is 0 Å². The Bertz CT molecular complexity index is 626. The summed E-state index contributed by atoms with van der Waals surface area (Å²) in [7, 11) is 0. The Morgan fingerprint density at radius 3 is 2.14 bits per heavy atom. The average molecular weight is 451 g/mol. The van der Waals surface area contributed by atoms with E-state index in [4.69, 9.17) is 23.2 Å². The van der Waals surface area contributed by atoms with Gasteiger partial charge in [0.25, 0.3) is 0 Å². The third kappa shape index (κ3) is 7.77. The molecule has 0 aliphatic heterocycles. The zero-order valence-corrected chi connectivity index (χ0v) is 15.8. The topological polar surface area (TPSA) is 24.7 Å². The molecule has 0 amide bonds. The van der Waals surface area contributed by atoms with Crippen molar-refractivity contribution in [1.82, 2.24) is 0 Å². The van der Waals surface area contributed by atoms with E-state index in [1.807, 2.05) is 36.4 Å². The lowest BCUT2D eigenvalue weighted by Crippen LogP contribution is -1.89. The van der Waals surface area contributed by atoms with E-state index >= 15 is 0 Å². The molecule has 2 nitrogen and oxygen atoms in total. The van der Waals surface area contributed by atoms with Crippen LogP contribution in [0.5, 0.6) is 0 Å². The van der Waals surface area contributed by atoms with Crippen molar-refractivity contribution >= 4 is 65.9 Å². The number of aryl methyl sites for hydroxylation is 1. The first kappa shape index (κ1) is 18.4. The van der Waals surface area contributed by atoms with Crippen LogP contribution in [0.15, 0.2) is 67.7 Å². The third-order valence-electron chi connectivity index (χ3n) is 2.23. The SMILES string of the molecule is Cc1cccc(Br)c1.Cl/C=N\N=C(Cl)c1cccc(Br)c1. The highest BCUT2D eigenvalue weighted by Gasteiger charge is 1.98. The Morgan fingerprint density at radius 2 is 1.67 bits per heavy atom. The molecule has 0 saturated carbocycles. The van der Waals surface area contributed by atoms with Gasteiger partial charge < -0.3 is 0 Å². The van der Waals surface area contributed by atoms with Crippen LogP contribution < -0.4 is 0 Å². The summed E-state index contributed by atoms with van der Waals surface area (Å²) in [5, 5.41) is 7.42. The van der Waals surface area contributed by atoms with E-state index in [2.05, 4.69) is 61.1 Å². The largest absolute Gasteiger partial charge is 0.158 e. The Hall–Kier alpha value is -0.680. The predicted octanol–water partition coefficient (Wildman–Crippen LogP) is 6.37. The van der Waals surface area contributed by atoms with Gasteiger partial charge in [0.2, 0.25) is 0 Å². The quantitative estimate of drug-likeness (QED) is 0.375. The van der Waals surface area contributed by atoms with E-state index in [1.54, 1.807) is 0 Å². The number of hydrogen-bond donors (Lipinski definition) is 0. The van der Waals surface area contributed by atoms with Gasteiger partial charge in [0, 0.05) is 14.5 Å². The maximum Gasteiger partial charge on any atom is 0.158 e. The number of nitrogens with zero attached hydrogens (tertiary/aromatic N) is 2. The number of hydrogen-bond acceptors (Lipinski definition) is 2. The van der Waals surface area contributed by atoms with E-state index in [0.717, 1.165) is 20.2 Å². The van der Waals surface area contributed by atoms with Crippen molar-refractivity contribution in [2.75, 3.05) is 0 Å². The molecule has 6 heteroatoms. The Kier molecular flexibility index (Phi) is 8.85.